The maximum atomic E-state index is 4.37. The second kappa shape index (κ2) is 5.20. The zero-order valence-corrected chi connectivity index (χ0v) is 11.6. The zero-order chi connectivity index (χ0) is 12.4. The topological polar surface area (TPSA) is 42.7 Å². The average molecular weight is 307 g/mol. The van der Waals surface area contributed by atoms with Gasteiger partial charge in [0.25, 0.3) is 0 Å². The largest absolute Gasteiger partial charge is 0.310 e. The quantitative estimate of drug-likeness (QED) is 0.922. The molecule has 0 saturated heterocycles. The fraction of sp³-hybridized carbons (Fsp3) is 0.385. The molecule has 0 bridgehead atoms. The summed E-state index contributed by atoms with van der Waals surface area (Å²) in [5, 5.41) is 7.86. The van der Waals surface area contributed by atoms with Crippen molar-refractivity contribution in [3.8, 4) is 0 Å². The van der Waals surface area contributed by atoms with E-state index in [-0.39, 0.29) is 0 Å². The van der Waals surface area contributed by atoms with E-state index >= 15 is 0 Å². The lowest BCUT2D eigenvalue weighted by atomic mass is 10.3. The van der Waals surface area contributed by atoms with E-state index in [2.05, 4.69) is 43.6 Å². The number of hydrogen-bond acceptors (Lipinski definition) is 3. The molecule has 2 aromatic heterocycles. The third kappa shape index (κ3) is 3.17. The zero-order valence-electron chi connectivity index (χ0n) is 10.0. The third-order valence-electron chi connectivity index (χ3n) is 2.97. The molecule has 1 saturated carbocycles. The van der Waals surface area contributed by atoms with E-state index in [4.69, 9.17) is 0 Å². The van der Waals surface area contributed by atoms with Gasteiger partial charge in [0.15, 0.2) is 0 Å². The molecule has 0 spiro atoms. The number of rotatable bonds is 5. The number of halogens is 1. The number of pyridine rings is 1. The Hall–Kier alpha value is -1.20. The van der Waals surface area contributed by atoms with Crippen molar-refractivity contribution in [1.29, 1.82) is 0 Å². The molecule has 2 aromatic rings. The molecule has 94 valence electrons. The van der Waals surface area contributed by atoms with Gasteiger partial charge in [0.1, 0.15) is 0 Å². The Labute approximate surface area is 115 Å². The molecule has 0 atom stereocenters. The summed E-state index contributed by atoms with van der Waals surface area (Å²) < 4.78 is 2.95. The van der Waals surface area contributed by atoms with E-state index in [0.29, 0.717) is 0 Å². The summed E-state index contributed by atoms with van der Waals surface area (Å²) in [4.78, 5) is 4.15. The van der Waals surface area contributed by atoms with Gasteiger partial charge in [0.2, 0.25) is 0 Å². The standard InChI is InChI=1S/C13H15BrN4/c14-12-3-10(4-15-7-12)8-18-9-11(6-17-18)5-16-13-1-2-13/h3-4,6-7,9,13,16H,1-2,5,8H2. The van der Waals surface area contributed by atoms with Crippen LogP contribution in [0.15, 0.2) is 35.3 Å². The number of aromatic nitrogens is 3. The Morgan fingerprint density at radius 1 is 1.28 bits per heavy atom. The maximum absolute atomic E-state index is 4.37. The first-order valence-electron chi connectivity index (χ1n) is 6.14. The molecular formula is C13H15BrN4. The highest BCUT2D eigenvalue weighted by Crippen LogP contribution is 2.19. The van der Waals surface area contributed by atoms with Crippen LogP contribution in [0, 0.1) is 0 Å². The summed E-state index contributed by atoms with van der Waals surface area (Å²) in [7, 11) is 0. The normalized spacial score (nSPS) is 14.9. The van der Waals surface area contributed by atoms with Gasteiger partial charge in [-0.15, -0.1) is 0 Å². The van der Waals surface area contributed by atoms with Gasteiger partial charge in [0, 0.05) is 41.2 Å². The Morgan fingerprint density at radius 3 is 2.94 bits per heavy atom. The van der Waals surface area contributed by atoms with Crippen LogP contribution in [0.5, 0.6) is 0 Å². The minimum absolute atomic E-state index is 0.739. The molecule has 4 nitrogen and oxygen atoms in total. The van der Waals surface area contributed by atoms with E-state index in [9.17, 15) is 0 Å². The third-order valence-corrected chi connectivity index (χ3v) is 3.40. The van der Waals surface area contributed by atoms with Crippen molar-refractivity contribution in [3.05, 3.63) is 46.5 Å². The van der Waals surface area contributed by atoms with Crippen LogP contribution in [0.2, 0.25) is 0 Å². The molecule has 18 heavy (non-hydrogen) atoms. The fourth-order valence-electron chi connectivity index (χ4n) is 1.86. The van der Waals surface area contributed by atoms with Crippen molar-refractivity contribution in [2.45, 2.75) is 32.0 Å². The first-order chi connectivity index (χ1) is 8.79. The van der Waals surface area contributed by atoms with Gasteiger partial charge in [-0.05, 0) is 40.4 Å². The van der Waals surface area contributed by atoms with Gasteiger partial charge in [0.05, 0.1) is 12.7 Å². The highest BCUT2D eigenvalue weighted by atomic mass is 79.9. The van der Waals surface area contributed by atoms with Gasteiger partial charge in [-0.3, -0.25) is 9.67 Å². The number of hydrogen-bond donors (Lipinski definition) is 1. The van der Waals surface area contributed by atoms with Gasteiger partial charge in [-0.2, -0.15) is 5.10 Å². The average Bonchev–Trinajstić information content (AvgIpc) is 3.08. The second-order valence-corrected chi connectivity index (χ2v) is 5.63. The Balaban J connectivity index is 1.61. The predicted molar refractivity (Wildman–Crippen MR) is 73.1 cm³/mol. The van der Waals surface area contributed by atoms with Gasteiger partial charge < -0.3 is 5.32 Å². The fourth-order valence-corrected chi connectivity index (χ4v) is 2.28. The van der Waals surface area contributed by atoms with E-state index in [1.807, 2.05) is 17.1 Å². The second-order valence-electron chi connectivity index (χ2n) is 4.71. The Kier molecular flexibility index (Phi) is 3.43. The molecule has 1 N–H and O–H groups in total. The lowest BCUT2D eigenvalue weighted by Gasteiger charge is -2.02. The summed E-state index contributed by atoms with van der Waals surface area (Å²) >= 11 is 3.43. The van der Waals surface area contributed by atoms with E-state index in [0.717, 1.165) is 29.2 Å². The summed E-state index contributed by atoms with van der Waals surface area (Å²) in [6, 6.07) is 2.80. The van der Waals surface area contributed by atoms with Gasteiger partial charge >= 0.3 is 0 Å². The molecule has 1 fully saturated rings. The minimum atomic E-state index is 0.739. The van der Waals surface area contributed by atoms with Crippen molar-refractivity contribution in [2.75, 3.05) is 0 Å². The number of nitrogens with zero attached hydrogens (tertiary/aromatic N) is 3. The van der Waals surface area contributed by atoms with Crippen LogP contribution in [0.1, 0.15) is 24.0 Å². The molecule has 0 radical (unpaired) electrons. The first-order valence-corrected chi connectivity index (χ1v) is 6.93. The highest BCUT2D eigenvalue weighted by Gasteiger charge is 2.20. The Bertz CT molecular complexity index is 533. The highest BCUT2D eigenvalue weighted by molar-refractivity contribution is 9.10. The summed E-state index contributed by atoms with van der Waals surface area (Å²) in [5.74, 6) is 0. The van der Waals surface area contributed by atoms with Crippen LogP contribution in [-0.4, -0.2) is 20.8 Å². The molecular weight excluding hydrogens is 292 g/mol. The summed E-state index contributed by atoms with van der Waals surface area (Å²) in [6.45, 7) is 1.68. The lowest BCUT2D eigenvalue weighted by molar-refractivity contribution is 0.673. The van der Waals surface area contributed by atoms with Crippen LogP contribution in [0.3, 0.4) is 0 Å². The Morgan fingerprint density at radius 2 is 2.17 bits per heavy atom. The molecule has 1 aliphatic carbocycles. The maximum Gasteiger partial charge on any atom is 0.0674 e. The summed E-state index contributed by atoms with van der Waals surface area (Å²) in [6.07, 6.45) is 10.3. The monoisotopic (exact) mass is 306 g/mol. The smallest absolute Gasteiger partial charge is 0.0674 e. The molecule has 2 heterocycles. The van der Waals surface area contributed by atoms with E-state index in [1.165, 1.54) is 18.4 Å². The molecule has 0 aliphatic heterocycles. The van der Waals surface area contributed by atoms with Gasteiger partial charge in [-0.25, -0.2) is 0 Å². The lowest BCUT2D eigenvalue weighted by Crippen LogP contribution is -2.14. The summed E-state index contributed by atoms with van der Waals surface area (Å²) in [5.41, 5.74) is 2.39. The van der Waals surface area contributed by atoms with Crippen molar-refractivity contribution >= 4 is 15.9 Å². The first kappa shape index (κ1) is 11.9. The molecule has 3 rings (SSSR count). The number of nitrogens with one attached hydrogen (secondary N) is 1. The van der Waals surface area contributed by atoms with E-state index < -0.39 is 0 Å². The van der Waals surface area contributed by atoms with Crippen molar-refractivity contribution in [3.63, 3.8) is 0 Å². The minimum Gasteiger partial charge on any atom is -0.310 e. The van der Waals surface area contributed by atoms with Crippen LogP contribution < -0.4 is 5.32 Å². The molecule has 0 aromatic carbocycles. The molecule has 5 heteroatoms. The van der Waals surface area contributed by atoms with Gasteiger partial charge in [-0.1, -0.05) is 0 Å². The van der Waals surface area contributed by atoms with Crippen LogP contribution in [0.25, 0.3) is 0 Å². The van der Waals surface area contributed by atoms with Crippen LogP contribution >= 0.6 is 15.9 Å². The van der Waals surface area contributed by atoms with E-state index in [1.54, 1.807) is 6.20 Å². The predicted octanol–water partition coefficient (Wildman–Crippen LogP) is 2.34. The van der Waals surface area contributed by atoms with Crippen molar-refractivity contribution < 1.29 is 0 Å². The SMILES string of the molecule is Brc1cncc(Cn2cc(CNC3CC3)cn2)c1. The molecule has 0 amide bonds. The van der Waals surface area contributed by atoms with Crippen molar-refractivity contribution in [2.24, 2.45) is 0 Å². The van der Waals surface area contributed by atoms with Crippen molar-refractivity contribution in [1.82, 2.24) is 20.1 Å². The van der Waals surface area contributed by atoms with Crippen LogP contribution in [0.4, 0.5) is 0 Å². The molecule has 1 aliphatic rings. The van der Waals surface area contributed by atoms with Crippen LogP contribution in [-0.2, 0) is 13.1 Å². The molecule has 0 unspecified atom stereocenters.